The number of anilines is 3. The predicted octanol–water partition coefficient (Wildman–Crippen LogP) is 13.0. The molecule has 0 aromatic heterocycles. The van der Waals surface area contributed by atoms with E-state index in [0.29, 0.717) is 5.41 Å². The van der Waals surface area contributed by atoms with Crippen molar-refractivity contribution in [1.29, 1.82) is 0 Å². The molecule has 0 saturated heterocycles. The van der Waals surface area contributed by atoms with Gasteiger partial charge in [0.1, 0.15) is 0 Å². The van der Waals surface area contributed by atoms with Crippen LogP contribution in [0.4, 0.5) is 17.1 Å². The summed E-state index contributed by atoms with van der Waals surface area (Å²) in [4.78, 5) is 5.43. The van der Waals surface area contributed by atoms with Gasteiger partial charge in [0.15, 0.2) is 0 Å². The lowest BCUT2D eigenvalue weighted by molar-refractivity contribution is -0.235. The van der Waals surface area contributed by atoms with Crippen LogP contribution in [-0.2, 0) is 16.2 Å². The molecule has 1 heterocycles. The summed E-state index contributed by atoms with van der Waals surface area (Å²) in [6, 6.07) is 44.5. The number of benzene rings is 5. The molecule has 11 rings (SSSR count). The minimum absolute atomic E-state index is 0.201. The lowest BCUT2D eigenvalue weighted by Crippen LogP contribution is -2.74. The largest absolute Gasteiger partial charge is 0.310 e. The van der Waals surface area contributed by atoms with Gasteiger partial charge in [-0.15, -0.1) is 0 Å². The Labute approximate surface area is 302 Å². The zero-order chi connectivity index (χ0) is 33.6. The van der Waals surface area contributed by atoms with Crippen LogP contribution in [0.15, 0.2) is 125 Å². The van der Waals surface area contributed by atoms with Crippen LogP contribution in [-0.4, -0.2) is 0 Å². The average molecular weight is 670 g/mol. The Kier molecular flexibility index (Phi) is 5.97. The van der Waals surface area contributed by atoms with Gasteiger partial charge in [-0.1, -0.05) is 112 Å². The fraction of sp³-hybridized carbons (Fsp3) is 0.375. The molecule has 1 aliphatic heterocycles. The highest BCUT2D eigenvalue weighted by atomic mass is 32.2. The van der Waals surface area contributed by atoms with Gasteiger partial charge in [-0.2, -0.15) is 0 Å². The van der Waals surface area contributed by atoms with Crippen LogP contribution in [0.5, 0.6) is 0 Å². The molecule has 250 valence electrons. The molecule has 0 N–H and O–H groups in total. The van der Waals surface area contributed by atoms with Gasteiger partial charge in [-0.25, -0.2) is 0 Å². The normalized spacial score (nSPS) is 31.1. The maximum atomic E-state index is 2.56. The molecule has 50 heavy (non-hydrogen) atoms. The van der Waals surface area contributed by atoms with E-state index in [1.54, 1.807) is 11.1 Å². The van der Waals surface area contributed by atoms with Crippen molar-refractivity contribution in [1.82, 2.24) is 0 Å². The molecule has 5 aromatic carbocycles. The fourth-order valence-electron chi connectivity index (χ4n) is 12.8. The summed E-state index contributed by atoms with van der Waals surface area (Å²) in [5, 5.41) is 0. The van der Waals surface area contributed by atoms with Crippen molar-refractivity contribution in [2.75, 3.05) is 4.90 Å². The summed E-state index contributed by atoms with van der Waals surface area (Å²) in [7, 11) is 0. The lowest BCUT2D eigenvalue weighted by atomic mass is 9.26. The molecule has 2 heteroatoms. The van der Waals surface area contributed by atoms with E-state index in [-0.39, 0.29) is 16.2 Å². The third-order valence-electron chi connectivity index (χ3n) is 15.1. The van der Waals surface area contributed by atoms with E-state index in [1.165, 1.54) is 87.6 Å². The van der Waals surface area contributed by atoms with Gasteiger partial charge < -0.3 is 4.90 Å². The van der Waals surface area contributed by atoms with Crippen LogP contribution in [0, 0.1) is 29.1 Å². The SMILES string of the molecule is CC1(C)CCC(C)(C)c2cc(-c3ccc(N(c4ccccc4)c4ccc5c(c4)Sc4ccccc4C54C5CC6CC7CC4C75C6)cc3)ccc21. The Morgan fingerprint density at radius 3 is 1.98 bits per heavy atom. The fourth-order valence-corrected chi connectivity index (χ4v) is 14.1. The van der Waals surface area contributed by atoms with E-state index < -0.39 is 0 Å². The first-order valence-corrected chi connectivity index (χ1v) is 20.0. The monoisotopic (exact) mass is 669 g/mol. The Balaban J connectivity index is 0.996. The van der Waals surface area contributed by atoms with Crippen LogP contribution in [0.1, 0.15) is 88.5 Å². The summed E-state index contributed by atoms with van der Waals surface area (Å²) in [5.74, 6) is 3.61. The van der Waals surface area contributed by atoms with Crippen molar-refractivity contribution in [3.05, 3.63) is 138 Å². The van der Waals surface area contributed by atoms with Crippen molar-refractivity contribution in [2.45, 2.75) is 92.3 Å². The quantitative estimate of drug-likeness (QED) is 0.187. The van der Waals surface area contributed by atoms with E-state index in [9.17, 15) is 0 Å². The molecule has 6 unspecified atom stereocenters. The van der Waals surface area contributed by atoms with Gasteiger partial charge in [0, 0.05) is 32.3 Å². The van der Waals surface area contributed by atoms with Crippen molar-refractivity contribution in [3.63, 3.8) is 0 Å². The molecule has 1 nitrogen and oxygen atoms in total. The van der Waals surface area contributed by atoms with Gasteiger partial charge in [0.25, 0.3) is 0 Å². The van der Waals surface area contributed by atoms with E-state index in [1.807, 2.05) is 11.8 Å². The van der Waals surface area contributed by atoms with Crippen molar-refractivity contribution < 1.29 is 0 Å². The van der Waals surface area contributed by atoms with Crippen LogP contribution in [0.2, 0.25) is 0 Å². The molecule has 5 aliphatic carbocycles. The van der Waals surface area contributed by atoms with Gasteiger partial charge >= 0.3 is 0 Å². The van der Waals surface area contributed by atoms with Crippen molar-refractivity contribution in [3.8, 4) is 11.1 Å². The zero-order valence-electron chi connectivity index (χ0n) is 29.9. The van der Waals surface area contributed by atoms with E-state index in [0.717, 1.165) is 23.7 Å². The molecular formula is C48H47NS. The van der Waals surface area contributed by atoms with Crippen LogP contribution >= 0.6 is 11.8 Å². The van der Waals surface area contributed by atoms with Crippen molar-refractivity contribution >= 4 is 28.8 Å². The molecule has 4 fully saturated rings. The standard InChI is InChI=1S/C48H47NS/c1-45(2)22-23-46(3,4)40-26-32(16-20-37(40)45)31-14-17-35(18-15-31)49(34-10-6-5-7-11-34)36-19-21-39-42(28-36)50-41-13-9-8-12-38(41)48(39)43-25-30-24-33-27-44(48)47(33,43)29-30/h5-21,26,28,30,33,43-44H,22-25,27,29H2,1-4H3. The Hall–Kier alpha value is -3.75. The summed E-state index contributed by atoms with van der Waals surface area (Å²) in [5.41, 5.74) is 13.8. The number of hydrogen-bond donors (Lipinski definition) is 0. The molecule has 5 aromatic rings. The number of para-hydroxylation sites is 1. The summed E-state index contributed by atoms with van der Waals surface area (Å²) < 4.78 is 0. The average Bonchev–Trinajstić information content (AvgIpc) is 3.66. The highest BCUT2D eigenvalue weighted by Gasteiger charge is 2.84. The van der Waals surface area contributed by atoms with Gasteiger partial charge in [-0.3, -0.25) is 0 Å². The molecule has 0 amide bonds. The summed E-state index contributed by atoms with van der Waals surface area (Å²) in [6.45, 7) is 9.67. The van der Waals surface area contributed by atoms with Gasteiger partial charge in [0.05, 0.1) is 0 Å². The molecule has 4 saturated carbocycles. The van der Waals surface area contributed by atoms with Crippen molar-refractivity contribution in [2.24, 2.45) is 29.1 Å². The maximum Gasteiger partial charge on any atom is 0.0473 e. The topological polar surface area (TPSA) is 3.24 Å². The van der Waals surface area contributed by atoms with Crippen LogP contribution in [0.3, 0.4) is 0 Å². The first kappa shape index (κ1) is 29.9. The molecule has 6 aliphatic rings. The van der Waals surface area contributed by atoms with Crippen LogP contribution < -0.4 is 4.90 Å². The number of nitrogens with zero attached hydrogens (tertiary/aromatic N) is 1. The Bertz CT molecular complexity index is 2200. The third-order valence-corrected chi connectivity index (χ3v) is 16.2. The smallest absolute Gasteiger partial charge is 0.0473 e. The molecular weight excluding hydrogens is 623 g/mol. The number of rotatable bonds is 4. The first-order chi connectivity index (χ1) is 24.2. The molecule has 6 atom stereocenters. The second-order valence-electron chi connectivity index (χ2n) is 18.1. The lowest BCUT2D eigenvalue weighted by Gasteiger charge is -2.78. The van der Waals surface area contributed by atoms with E-state index >= 15 is 0 Å². The minimum Gasteiger partial charge on any atom is -0.310 e. The number of hydrogen-bond acceptors (Lipinski definition) is 2. The zero-order valence-corrected chi connectivity index (χ0v) is 30.7. The summed E-state index contributed by atoms with van der Waals surface area (Å²) >= 11 is 2.01. The maximum absolute atomic E-state index is 2.56. The second-order valence-corrected chi connectivity index (χ2v) is 19.2. The molecule has 2 bridgehead atoms. The third kappa shape index (κ3) is 3.72. The minimum atomic E-state index is 0.201. The highest BCUT2D eigenvalue weighted by Crippen LogP contribution is 2.89. The first-order valence-electron chi connectivity index (χ1n) is 19.2. The second kappa shape index (κ2) is 9.97. The Morgan fingerprint density at radius 1 is 0.540 bits per heavy atom. The molecule has 0 radical (unpaired) electrons. The Morgan fingerprint density at radius 2 is 1.18 bits per heavy atom. The summed E-state index contributed by atoms with van der Waals surface area (Å²) in [6.07, 6.45) is 8.38. The predicted molar refractivity (Wildman–Crippen MR) is 208 cm³/mol. The van der Waals surface area contributed by atoms with Crippen LogP contribution in [0.25, 0.3) is 11.1 Å². The highest BCUT2D eigenvalue weighted by molar-refractivity contribution is 7.99. The van der Waals surface area contributed by atoms with Gasteiger partial charge in [-0.05, 0) is 154 Å². The van der Waals surface area contributed by atoms with E-state index in [2.05, 4.69) is 148 Å². The molecule has 2 spiro atoms. The van der Waals surface area contributed by atoms with E-state index in [4.69, 9.17) is 0 Å². The van der Waals surface area contributed by atoms with Gasteiger partial charge in [0.2, 0.25) is 0 Å². The number of fused-ring (bicyclic) bond motifs is 8.